The normalized spacial score (nSPS) is 12.5. The van der Waals surface area contributed by atoms with Crippen molar-refractivity contribution in [3.63, 3.8) is 0 Å². The maximum Gasteiger partial charge on any atom is 0.243 e. The highest BCUT2D eigenvalue weighted by Crippen LogP contribution is 2.22. The number of hydrogen-bond acceptors (Lipinski definition) is 4. The van der Waals surface area contributed by atoms with E-state index in [2.05, 4.69) is 10.3 Å². The summed E-state index contributed by atoms with van der Waals surface area (Å²) in [6, 6.07) is -0.445. The van der Waals surface area contributed by atoms with Gasteiger partial charge in [0.2, 0.25) is 5.91 Å². The van der Waals surface area contributed by atoms with Gasteiger partial charge in [0, 0.05) is 4.88 Å². The molecule has 84 valence electrons. The average Bonchev–Trinajstić information content (AvgIpc) is 2.57. The van der Waals surface area contributed by atoms with E-state index in [0.29, 0.717) is 11.6 Å². The van der Waals surface area contributed by atoms with E-state index in [1.165, 1.54) is 11.3 Å². The molecule has 5 heteroatoms. The van der Waals surface area contributed by atoms with Gasteiger partial charge in [-0.25, -0.2) is 4.98 Å². The first-order chi connectivity index (χ1) is 7.08. The van der Waals surface area contributed by atoms with Gasteiger partial charge in [-0.3, -0.25) is 4.79 Å². The number of nitrogens with one attached hydrogen (secondary N) is 1. The molecule has 0 radical (unpaired) electrons. The Balaban J connectivity index is 2.68. The van der Waals surface area contributed by atoms with Gasteiger partial charge in [-0.2, -0.15) is 0 Å². The fraction of sp³-hybridized carbons (Fsp3) is 0.600. The maximum atomic E-state index is 11.5. The van der Waals surface area contributed by atoms with Gasteiger partial charge < -0.3 is 11.1 Å². The van der Waals surface area contributed by atoms with Crippen LogP contribution in [-0.2, 0) is 11.2 Å². The number of carbonyl (C=O) groups excluding carboxylic acids is 1. The fourth-order valence-electron chi connectivity index (χ4n) is 1.19. The van der Waals surface area contributed by atoms with Crippen molar-refractivity contribution < 1.29 is 4.79 Å². The molecule has 0 bridgehead atoms. The van der Waals surface area contributed by atoms with Gasteiger partial charge in [-0.1, -0.05) is 13.8 Å². The third-order valence-electron chi connectivity index (χ3n) is 2.23. The van der Waals surface area contributed by atoms with Gasteiger partial charge in [0.25, 0.3) is 0 Å². The summed E-state index contributed by atoms with van der Waals surface area (Å²) >= 11 is 1.50. The van der Waals surface area contributed by atoms with Gasteiger partial charge in [0.1, 0.15) is 0 Å². The van der Waals surface area contributed by atoms with Crippen LogP contribution in [0.1, 0.15) is 30.8 Å². The molecule has 0 unspecified atom stereocenters. The Morgan fingerprint density at radius 2 is 2.27 bits per heavy atom. The highest BCUT2D eigenvalue weighted by molar-refractivity contribution is 7.15. The van der Waals surface area contributed by atoms with Crippen LogP contribution in [0.5, 0.6) is 0 Å². The summed E-state index contributed by atoms with van der Waals surface area (Å²) in [4.78, 5) is 16.9. The number of amides is 1. The summed E-state index contributed by atoms with van der Waals surface area (Å²) < 4.78 is 0. The van der Waals surface area contributed by atoms with E-state index in [1.807, 2.05) is 20.8 Å². The number of carbonyl (C=O) groups is 1. The summed E-state index contributed by atoms with van der Waals surface area (Å²) in [5.41, 5.74) is 6.65. The van der Waals surface area contributed by atoms with E-state index in [4.69, 9.17) is 5.73 Å². The molecule has 0 aliphatic carbocycles. The zero-order valence-electron chi connectivity index (χ0n) is 9.33. The highest BCUT2D eigenvalue weighted by atomic mass is 32.1. The second kappa shape index (κ2) is 5.23. The van der Waals surface area contributed by atoms with Gasteiger partial charge in [0.15, 0.2) is 5.13 Å². The first kappa shape index (κ1) is 12.1. The molecule has 3 N–H and O–H groups in total. The Labute approximate surface area is 93.9 Å². The van der Waals surface area contributed by atoms with Gasteiger partial charge >= 0.3 is 0 Å². The molecule has 1 aromatic rings. The van der Waals surface area contributed by atoms with Crippen molar-refractivity contribution in [1.82, 2.24) is 4.98 Å². The minimum atomic E-state index is -0.445. The van der Waals surface area contributed by atoms with Crippen LogP contribution in [0.15, 0.2) is 0 Å². The Hall–Kier alpha value is -0.940. The van der Waals surface area contributed by atoms with Crippen molar-refractivity contribution in [2.45, 2.75) is 39.7 Å². The minimum Gasteiger partial charge on any atom is -0.320 e. The monoisotopic (exact) mass is 227 g/mol. The van der Waals surface area contributed by atoms with Crippen LogP contribution in [0.4, 0.5) is 5.13 Å². The number of nitrogens with two attached hydrogens (primary N) is 1. The van der Waals surface area contributed by atoms with Crippen LogP contribution in [0.2, 0.25) is 0 Å². The van der Waals surface area contributed by atoms with E-state index in [0.717, 1.165) is 17.0 Å². The van der Waals surface area contributed by atoms with Crippen molar-refractivity contribution in [3.8, 4) is 0 Å². The van der Waals surface area contributed by atoms with Gasteiger partial charge in [0.05, 0.1) is 11.7 Å². The summed E-state index contributed by atoms with van der Waals surface area (Å²) in [7, 11) is 0. The van der Waals surface area contributed by atoms with E-state index in [1.54, 1.807) is 0 Å². The number of aromatic nitrogens is 1. The quantitative estimate of drug-likeness (QED) is 0.822. The molecule has 0 saturated heterocycles. The van der Waals surface area contributed by atoms with Crippen molar-refractivity contribution >= 4 is 22.4 Å². The first-order valence-electron chi connectivity index (χ1n) is 5.11. The van der Waals surface area contributed by atoms with Gasteiger partial charge in [-0.05, 0) is 19.8 Å². The van der Waals surface area contributed by atoms with Crippen molar-refractivity contribution in [2.75, 3.05) is 5.32 Å². The Bertz CT molecular complexity index is 348. The summed E-state index contributed by atoms with van der Waals surface area (Å²) in [5.74, 6) is -0.158. The largest absolute Gasteiger partial charge is 0.320 e. The molecule has 1 rings (SSSR count). The standard InChI is InChI=1S/C10H17N3OS/c1-4-7(11)9(14)13-10-12-8(5-2)6(3)15-10/h7H,4-5,11H2,1-3H3,(H,12,13,14)/t7-/m1/s1. The number of anilines is 1. The number of hydrogen-bond donors (Lipinski definition) is 2. The molecule has 1 aromatic heterocycles. The zero-order chi connectivity index (χ0) is 11.4. The molecular formula is C10H17N3OS. The lowest BCUT2D eigenvalue weighted by Crippen LogP contribution is -2.34. The molecule has 4 nitrogen and oxygen atoms in total. The smallest absolute Gasteiger partial charge is 0.243 e. The zero-order valence-corrected chi connectivity index (χ0v) is 10.1. The number of thiazole rings is 1. The van der Waals surface area contributed by atoms with Gasteiger partial charge in [-0.15, -0.1) is 11.3 Å². The fourth-order valence-corrected chi connectivity index (χ4v) is 2.10. The first-order valence-corrected chi connectivity index (χ1v) is 5.92. The lowest BCUT2D eigenvalue weighted by molar-refractivity contribution is -0.117. The highest BCUT2D eigenvalue weighted by Gasteiger charge is 2.13. The lowest BCUT2D eigenvalue weighted by atomic mass is 10.2. The minimum absolute atomic E-state index is 0.158. The molecule has 0 fully saturated rings. The molecule has 0 spiro atoms. The molecule has 15 heavy (non-hydrogen) atoms. The second-order valence-electron chi connectivity index (χ2n) is 3.38. The summed E-state index contributed by atoms with van der Waals surface area (Å²) in [6.45, 7) is 5.94. The maximum absolute atomic E-state index is 11.5. The van der Waals surface area contributed by atoms with E-state index >= 15 is 0 Å². The van der Waals surface area contributed by atoms with E-state index in [-0.39, 0.29) is 5.91 Å². The third-order valence-corrected chi connectivity index (χ3v) is 3.16. The van der Waals surface area contributed by atoms with Crippen LogP contribution < -0.4 is 11.1 Å². The number of nitrogens with zero attached hydrogens (tertiary/aromatic N) is 1. The number of rotatable bonds is 4. The summed E-state index contributed by atoms with van der Waals surface area (Å²) in [5, 5.41) is 3.38. The van der Waals surface area contributed by atoms with Crippen LogP contribution >= 0.6 is 11.3 Å². The average molecular weight is 227 g/mol. The Morgan fingerprint density at radius 1 is 1.60 bits per heavy atom. The third kappa shape index (κ3) is 3.00. The second-order valence-corrected chi connectivity index (χ2v) is 4.58. The van der Waals surface area contributed by atoms with E-state index < -0.39 is 6.04 Å². The predicted molar refractivity (Wildman–Crippen MR) is 63.1 cm³/mol. The van der Waals surface area contributed by atoms with Crippen LogP contribution in [0.3, 0.4) is 0 Å². The van der Waals surface area contributed by atoms with Crippen molar-refractivity contribution in [3.05, 3.63) is 10.6 Å². The van der Waals surface area contributed by atoms with E-state index in [9.17, 15) is 4.79 Å². The van der Waals surface area contributed by atoms with Crippen molar-refractivity contribution in [1.29, 1.82) is 0 Å². The molecule has 0 saturated carbocycles. The van der Waals surface area contributed by atoms with Crippen LogP contribution in [0.25, 0.3) is 0 Å². The van der Waals surface area contributed by atoms with Crippen LogP contribution in [0, 0.1) is 6.92 Å². The predicted octanol–water partition coefficient (Wildman–Crippen LogP) is 1.69. The topological polar surface area (TPSA) is 68.0 Å². The Kier molecular flexibility index (Phi) is 4.23. The van der Waals surface area contributed by atoms with Crippen LogP contribution in [-0.4, -0.2) is 16.9 Å². The molecule has 1 heterocycles. The SMILES string of the molecule is CCc1nc(NC(=O)[C@H](N)CC)sc1C. The molecule has 1 atom stereocenters. The molecular weight excluding hydrogens is 210 g/mol. The van der Waals surface area contributed by atoms with Crippen molar-refractivity contribution in [2.24, 2.45) is 5.73 Å². The lowest BCUT2D eigenvalue weighted by Gasteiger charge is -2.06. The number of aryl methyl sites for hydroxylation is 2. The Morgan fingerprint density at radius 3 is 2.73 bits per heavy atom. The summed E-state index contributed by atoms with van der Waals surface area (Å²) in [6.07, 6.45) is 1.52. The molecule has 0 aromatic carbocycles. The molecule has 0 aliphatic rings. The molecule has 1 amide bonds. The molecule has 0 aliphatic heterocycles.